The van der Waals surface area contributed by atoms with Gasteiger partial charge in [0.15, 0.2) is 5.75 Å². The van der Waals surface area contributed by atoms with E-state index < -0.39 is 0 Å². The summed E-state index contributed by atoms with van der Waals surface area (Å²) in [4.78, 5) is 25.5. The molecular weight excluding hydrogens is 366 g/mol. The first-order valence-corrected chi connectivity index (χ1v) is 9.52. The van der Waals surface area contributed by atoms with Crippen molar-refractivity contribution in [2.24, 2.45) is 0 Å². The number of rotatable bonds is 5. The van der Waals surface area contributed by atoms with Crippen LogP contribution in [0.25, 0.3) is 5.65 Å². The van der Waals surface area contributed by atoms with Gasteiger partial charge in [0.25, 0.3) is 5.91 Å². The summed E-state index contributed by atoms with van der Waals surface area (Å²) in [5.41, 5.74) is 3.84. The van der Waals surface area contributed by atoms with Gasteiger partial charge in [-0.25, -0.2) is 15.0 Å². The highest BCUT2D eigenvalue weighted by molar-refractivity contribution is 6.01. The first-order valence-electron chi connectivity index (χ1n) is 9.52. The lowest BCUT2D eigenvalue weighted by Gasteiger charge is -2.07. The largest absolute Gasteiger partial charge is 0.454 e. The number of aromatic nitrogens is 4. The van der Waals surface area contributed by atoms with E-state index in [0.29, 0.717) is 23.1 Å². The molecule has 3 aromatic heterocycles. The van der Waals surface area contributed by atoms with Crippen LogP contribution in [0.2, 0.25) is 0 Å². The normalized spacial score (nSPS) is 13.4. The first-order chi connectivity index (χ1) is 14.2. The van der Waals surface area contributed by atoms with Crippen LogP contribution in [-0.4, -0.2) is 25.3 Å². The summed E-state index contributed by atoms with van der Waals surface area (Å²) in [6.45, 7) is 2.06. The Bertz CT molecular complexity index is 1180. The summed E-state index contributed by atoms with van der Waals surface area (Å²) in [6, 6.07) is 13.1. The Hall–Kier alpha value is -3.74. The lowest BCUT2D eigenvalue weighted by atomic mass is 10.2. The van der Waals surface area contributed by atoms with Crippen molar-refractivity contribution in [1.82, 2.24) is 19.4 Å². The topological polar surface area (TPSA) is 81.4 Å². The van der Waals surface area contributed by atoms with E-state index in [4.69, 9.17) is 9.72 Å². The number of carbonyl (C=O) groups excluding carboxylic acids is 1. The molecule has 1 N–H and O–H groups in total. The molecule has 0 spiro atoms. The van der Waals surface area contributed by atoms with Crippen LogP contribution in [-0.2, 0) is 0 Å². The maximum Gasteiger partial charge on any atom is 0.293 e. The van der Waals surface area contributed by atoms with Gasteiger partial charge < -0.3 is 14.5 Å². The Morgan fingerprint density at radius 3 is 2.55 bits per heavy atom. The van der Waals surface area contributed by atoms with Crippen molar-refractivity contribution >= 4 is 17.2 Å². The minimum Gasteiger partial charge on any atom is -0.454 e. The molecule has 0 bridgehead atoms. The molecule has 1 fully saturated rings. The van der Waals surface area contributed by atoms with Crippen LogP contribution in [0.3, 0.4) is 0 Å². The van der Waals surface area contributed by atoms with Crippen molar-refractivity contribution in [2.75, 3.05) is 5.32 Å². The van der Waals surface area contributed by atoms with Gasteiger partial charge in [-0.1, -0.05) is 18.2 Å². The van der Waals surface area contributed by atoms with Crippen molar-refractivity contribution < 1.29 is 9.53 Å². The van der Waals surface area contributed by atoms with Gasteiger partial charge in [0.05, 0.1) is 23.8 Å². The standard InChI is InChI=1S/C22H19N5O2/c1-14-20(15-7-8-15)26-19-10-9-16(13-27(14)19)25-22(28)21-23-11-18(12-24-21)29-17-5-3-2-4-6-17/h2-6,9-13,15H,7-8H2,1H3,(H,25,28). The second-order valence-corrected chi connectivity index (χ2v) is 7.11. The molecule has 7 nitrogen and oxygen atoms in total. The summed E-state index contributed by atoms with van der Waals surface area (Å²) < 4.78 is 7.67. The zero-order valence-electron chi connectivity index (χ0n) is 15.9. The van der Waals surface area contributed by atoms with Crippen molar-refractivity contribution in [3.63, 3.8) is 0 Å². The SMILES string of the molecule is Cc1c(C2CC2)nc2ccc(NC(=O)c3ncc(Oc4ccccc4)cn3)cn12. The van der Waals surface area contributed by atoms with E-state index in [2.05, 4.69) is 22.2 Å². The molecule has 0 unspecified atom stereocenters. The van der Waals surface area contributed by atoms with Gasteiger partial charge in [0.1, 0.15) is 11.4 Å². The summed E-state index contributed by atoms with van der Waals surface area (Å²) in [6.07, 6.45) is 7.26. The fourth-order valence-electron chi connectivity index (χ4n) is 3.30. The number of aryl methyl sites for hydroxylation is 1. The second kappa shape index (κ2) is 7.01. The minimum atomic E-state index is -0.379. The molecule has 1 aromatic carbocycles. The van der Waals surface area contributed by atoms with Gasteiger partial charge >= 0.3 is 0 Å². The lowest BCUT2D eigenvalue weighted by molar-refractivity contribution is 0.101. The molecule has 1 amide bonds. The summed E-state index contributed by atoms with van der Waals surface area (Å²) in [5, 5.41) is 2.85. The predicted molar refractivity (Wildman–Crippen MR) is 108 cm³/mol. The number of anilines is 1. The zero-order chi connectivity index (χ0) is 19.8. The number of carbonyl (C=O) groups is 1. The molecule has 29 heavy (non-hydrogen) atoms. The third-order valence-corrected chi connectivity index (χ3v) is 4.93. The van der Waals surface area contributed by atoms with E-state index in [1.807, 2.05) is 53.1 Å². The van der Waals surface area contributed by atoms with Gasteiger partial charge in [0, 0.05) is 17.8 Å². The summed E-state index contributed by atoms with van der Waals surface area (Å²) >= 11 is 0. The van der Waals surface area contributed by atoms with Gasteiger partial charge in [-0.15, -0.1) is 0 Å². The molecule has 0 saturated heterocycles. The predicted octanol–water partition coefficient (Wildman–Crippen LogP) is 4.35. The maximum atomic E-state index is 12.5. The first kappa shape index (κ1) is 17.4. The van der Waals surface area contributed by atoms with E-state index in [1.54, 1.807) is 0 Å². The van der Waals surface area contributed by atoms with E-state index >= 15 is 0 Å². The Balaban J connectivity index is 1.31. The van der Waals surface area contributed by atoms with Crippen molar-refractivity contribution in [3.8, 4) is 11.5 Å². The number of ether oxygens (including phenoxy) is 1. The van der Waals surface area contributed by atoms with Crippen molar-refractivity contribution in [2.45, 2.75) is 25.7 Å². The molecule has 4 aromatic rings. The molecular formula is C22H19N5O2. The van der Waals surface area contributed by atoms with Gasteiger partial charge in [0.2, 0.25) is 5.82 Å². The Kier molecular flexibility index (Phi) is 4.20. The number of para-hydroxylation sites is 1. The number of fused-ring (bicyclic) bond motifs is 1. The summed E-state index contributed by atoms with van der Waals surface area (Å²) in [7, 11) is 0. The molecule has 0 aliphatic heterocycles. The monoisotopic (exact) mass is 385 g/mol. The minimum absolute atomic E-state index is 0.0755. The number of benzene rings is 1. The number of nitrogens with zero attached hydrogens (tertiary/aromatic N) is 4. The Morgan fingerprint density at radius 2 is 1.83 bits per heavy atom. The van der Waals surface area contributed by atoms with Crippen LogP contribution < -0.4 is 10.1 Å². The van der Waals surface area contributed by atoms with Crippen LogP contribution in [0.1, 0.15) is 40.8 Å². The number of hydrogen-bond donors (Lipinski definition) is 1. The molecule has 144 valence electrons. The fraction of sp³-hybridized carbons (Fsp3) is 0.182. The fourth-order valence-corrected chi connectivity index (χ4v) is 3.30. The van der Waals surface area contributed by atoms with Crippen LogP contribution >= 0.6 is 0 Å². The molecule has 1 aliphatic carbocycles. The van der Waals surface area contributed by atoms with Gasteiger partial charge in [-0.2, -0.15) is 0 Å². The number of hydrogen-bond acceptors (Lipinski definition) is 5. The highest BCUT2D eigenvalue weighted by Gasteiger charge is 2.28. The van der Waals surface area contributed by atoms with Crippen LogP contribution in [0.5, 0.6) is 11.5 Å². The molecule has 1 saturated carbocycles. The smallest absolute Gasteiger partial charge is 0.293 e. The van der Waals surface area contributed by atoms with Gasteiger partial charge in [-0.3, -0.25) is 4.79 Å². The van der Waals surface area contributed by atoms with Crippen molar-refractivity contribution in [1.29, 1.82) is 0 Å². The lowest BCUT2D eigenvalue weighted by Crippen LogP contribution is -2.15. The highest BCUT2D eigenvalue weighted by atomic mass is 16.5. The van der Waals surface area contributed by atoms with Crippen LogP contribution in [0.4, 0.5) is 5.69 Å². The second-order valence-electron chi connectivity index (χ2n) is 7.11. The van der Waals surface area contributed by atoms with Crippen molar-refractivity contribution in [3.05, 3.63) is 78.3 Å². The van der Waals surface area contributed by atoms with E-state index in [9.17, 15) is 4.79 Å². The third-order valence-electron chi connectivity index (χ3n) is 4.93. The number of amides is 1. The molecule has 5 rings (SSSR count). The van der Waals surface area contributed by atoms with Crippen LogP contribution in [0.15, 0.2) is 61.1 Å². The molecule has 1 aliphatic rings. The average molecular weight is 385 g/mol. The van der Waals surface area contributed by atoms with E-state index in [1.165, 1.54) is 25.2 Å². The third kappa shape index (κ3) is 3.54. The number of nitrogens with one attached hydrogen (secondary N) is 1. The highest BCUT2D eigenvalue weighted by Crippen LogP contribution is 2.41. The van der Waals surface area contributed by atoms with E-state index in [-0.39, 0.29) is 11.7 Å². The summed E-state index contributed by atoms with van der Waals surface area (Å²) in [5.74, 6) is 1.43. The van der Waals surface area contributed by atoms with Crippen LogP contribution in [0, 0.1) is 6.92 Å². The number of imidazole rings is 1. The molecule has 3 heterocycles. The Labute approximate surface area is 167 Å². The molecule has 7 heteroatoms. The average Bonchev–Trinajstić information content (AvgIpc) is 3.54. The molecule has 0 atom stereocenters. The van der Waals surface area contributed by atoms with E-state index in [0.717, 1.165) is 17.0 Å². The molecule has 0 radical (unpaired) electrons. The maximum absolute atomic E-state index is 12.5. The van der Waals surface area contributed by atoms with Gasteiger partial charge in [-0.05, 0) is 44.0 Å². The Morgan fingerprint density at radius 1 is 1.07 bits per heavy atom. The number of pyridine rings is 1. The quantitative estimate of drug-likeness (QED) is 0.552. The zero-order valence-corrected chi connectivity index (χ0v) is 15.9.